The lowest BCUT2D eigenvalue weighted by Gasteiger charge is -2.44. The Morgan fingerprint density at radius 3 is 2.07 bits per heavy atom. The minimum Gasteiger partial charge on any atom is -0.322 e. The molecule has 0 amide bonds. The zero-order valence-electron chi connectivity index (χ0n) is 14.8. The Morgan fingerprint density at radius 2 is 1.62 bits per heavy atom. The first-order chi connectivity index (χ1) is 13.2. The molecule has 0 spiro atoms. The van der Waals surface area contributed by atoms with Crippen molar-refractivity contribution < 1.29 is 17.4 Å². The summed E-state index contributed by atoms with van der Waals surface area (Å²) in [5, 5.41) is 0.488. The number of halogens is 6. The lowest BCUT2D eigenvalue weighted by atomic mass is 9.81. The van der Waals surface area contributed by atoms with Gasteiger partial charge in [-0.25, -0.2) is 4.39 Å². The van der Waals surface area contributed by atoms with E-state index < -0.39 is 38.0 Å². The standard InChI is InChI=1S/C17H16Cl5FN2O3S/c1-16(13-7-6-12(19)8-14(13)23,15(24)10-2-4-11(18)5-3-10)25(29(26,27)28)9-17(20,21)22/h2-8,15H,9,24H2,1H3,(H,26,27,28). The molecule has 0 radical (unpaired) electrons. The van der Waals surface area contributed by atoms with Gasteiger partial charge in [0.05, 0.1) is 18.1 Å². The Labute approximate surface area is 193 Å². The topological polar surface area (TPSA) is 83.6 Å². The van der Waals surface area contributed by atoms with Crippen molar-refractivity contribution >= 4 is 68.3 Å². The fourth-order valence-corrected chi connectivity index (χ4v) is 4.90. The number of hydrogen-bond donors (Lipinski definition) is 2. The average molecular weight is 525 g/mol. The Balaban J connectivity index is 2.80. The van der Waals surface area contributed by atoms with Gasteiger partial charge >= 0.3 is 10.3 Å². The minimum absolute atomic E-state index is 0.0773. The van der Waals surface area contributed by atoms with Crippen LogP contribution in [0.25, 0.3) is 0 Å². The summed E-state index contributed by atoms with van der Waals surface area (Å²) in [6, 6.07) is 8.53. The molecule has 160 valence electrons. The van der Waals surface area contributed by atoms with Crippen molar-refractivity contribution in [2.24, 2.45) is 5.73 Å². The molecule has 0 aliphatic carbocycles. The molecule has 0 aliphatic heterocycles. The molecule has 5 nitrogen and oxygen atoms in total. The Kier molecular flexibility index (Phi) is 7.75. The van der Waals surface area contributed by atoms with Crippen molar-refractivity contribution in [3.63, 3.8) is 0 Å². The molecule has 29 heavy (non-hydrogen) atoms. The SMILES string of the molecule is CC(c1ccc(Cl)cc1F)(C(N)c1ccc(Cl)cc1)N(CC(Cl)(Cl)Cl)S(=O)(=O)O. The molecule has 2 rings (SSSR count). The maximum Gasteiger partial charge on any atom is 0.336 e. The third-order valence-electron chi connectivity index (χ3n) is 4.43. The molecule has 0 saturated carbocycles. The largest absolute Gasteiger partial charge is 0.336 e. The maximum atomic E-state index is 14.9. The van der Waals surface area contributed by atoms with Crippen LogP contribution >= 0.6 is 58.0 Å². The lowest BCUT2D eigenvalue weighted by Crippen LogP contribution is -2.56. The van der Waals surface area contributed by atoms with Gasteiger partial charge in [0.25, 0.3) is 0 Å². The monoisotopic (exact) mass is 522 g/mol. The molecule has 2 aromatic rings. The van der Waals surface area contributed by atoms with Gasteiger partial charge in [-0.3, -0.25) is 4.55 Å². The molecule has 0 aliphatic rings. The second-order valence-corrected chi connectivity index (χ2v) is 11.1. The first-order valence-electron chi connectivity index (χ1n) is 7.95. The van der Waals surface area contributed by atoms with Crippen molar-refractivity contribution in [1.82, 2.24) is 4.31 Å². The zero-order valence-corrected chi connectivity index (χ0v) is 19.4. The normalized spacial score (nSPS) is 15.9. The van der Waals surface area contributed by atoms with Gasteiger partial charge in [-0.15, -0.1) is 0 Å². The van der Waals surface area contributed by atoms with E-state index in [1.807, 2.05) is 0 Å². The van der Waals surface area contributed by atoms with E-state index in [1.54, 1.807) is 0 Å². The number of hydrogen-bond acceptors (Lipinski definition) is 3. The molecule has 2 atom stereocenters. The van der Waals surface area contributed by atoms with Gasteiger partial charge in [0.1, 0.15) is 5.82 Å². The fourth-order valence-electron chi connectivity index (χ4n) is 3.00. The molecule has 0 bridgehead atoms. The van der Waals surface area contributed by atoms with Crippen LogP contribution in [0.4, 0.5) is 4.39 Å². The van der Waals surface area contributed by atoms with E-state index >= 15 is 0 Å². The van der Waals surface area contributed by atoms with Crippen LogP contribution in [-0.2, 0) is 15.8 Å². The van der Waals surface area contributed by atoms with E-state index in [1.165, 1.54) is 43.3 Å². The highest BCUT2D eigenvalue weighted by molar-refractivity contribution is 7.83. The van der Waals surface area contributed by atoms with E-state index in [0.717, 1.165) is 6.07 Å². The van der Waals surface area contributed by atoms with Gasteiger partial charge in [0, 0.05) is 15.6 Å². The zero-order chi connectivity index (χ0) is 22.2. The number of nitrogens with two attached hydrogens (primary N) is 1. The van der Waals surface area contributed by atoms with Gasteiger partial charge in [0.15, 0.2) is 0 Å². The van der Waals surface area contributed by atoms with Crippen LogP contribution < -0.4 is 5.73 Å². The Hall–Kier alpha value is -0.350. The Morgan fingerprint density at radius 1 is 1.10 bits per heavy atom. The smallest absolute Gasteiger partial charge is 0.322 e. The highest BCUT2D eigenvalue weighted by atomic mass is 35.6. The predicted octanol–water partition coefficient (Wildman–Crippen LogP) is 5.52. The van der Waals surface area contributed by atoms with Gasteiger partial charge in [-0.2, -0.15) is 12.7 Å². The molecule has 0 aromatic heterocycles. The van der Waals surface area contributed by atoms with E-state index in [2.05, 4.69) is 0 Å². The van der Waals surface area contributed by atoms with Crippen LogP contribution in [0.15, 0.2) is 42.5 Å². The molecular weight excluding hydrogens is 509 g/mol. The van der Waals surface area contributed by atoms with Crippen LogP contribution in [0.5, 0.6) is 0 Å². The summed E-state index contributed by atoms with van der Waals surface area (Å²) in [6.07, 6.45) is 0. The Bertz CT molecular complexity index is 986. The van der Waals surface area contributed by atoms with E-state index in [0.29, 0.717) is 14.9 Å². The van der Waals surface area contributed by atoms with Crippen LogP contribution in [0.2, 0.25) is 10.0 Å². The first kappa shape index (κ1) is 24.9. The maximum absolute atomic E-state index is 14.9. The van der Waals surface area contributed by atoms with Crippen LogP contribution in [0.3, 0.4) is 0 Å². The quantitative estimate of drug-likeness (QED) is 0.385. The van der Waals surface area contributed by atoms with Gasteiger partial charge in [-0.05, 0) is 36.8 Å². The van der Waals surface area contributed by atoms with Crippen LogP contribution in [0.1, 0.15) is 24.1 Å². The van der Waals surface area contributed by atoms with Gasteiger partial charge in [-0.1, -0.05) is 76.2 Å². The van der Waals surface area contributed by atoms with Crippen molar-refractivity contribution in [2.45, 2.75) is 22.3 Å². The third-order valence-corrected chi connectivity index (χ3v) is 6.34. The van der Waals surface area contributed by atoms with Crippen molar-refractivity contribution in [1.29, 1.82) is 0 Å². The van der Waals surface area contributed by atoms with Crippen LogP contribution in [0, 0.1) is 5.82 Å². The molecule has 3 N–H and O–H groups in total. The lowest BCUT2D eigenvalue weighted by molar-refractivity contribution is 0.150. The number of benzene rings is 2. The molecule has 2 aromatic carbocycles. The first-order valence-corrected chi connectivity index (χ1v) is 11.2. The summed E-state index contributed by atoms with van der Waals surface area (Å²) in [4.78, 5) is 0. The molecule has 2 unspecified atom stereocenters. The summed E-state index contributed by atoms with van der Waals surface area (Å²) in [5.41, 5.74) is 4.68. The second kappa shape index (κ2) is 9.02. The average Bonchev–Trinajstić information content (AvgIpc) is 2.57. The second-order valence-electron chi connectivity index (χ2n) is 6.40. The minimum atomic E-state index is -5.02. The van der Waals surface area contributed by atoms with Crippen molar-refractivity contribution in [3.05, 3.63) is 69.5 Å². The molecule has 12 heteroatoms. The van der Waals surface area contributed by atoms with Crippen molar-refractivity contribution in [3.8, 4) is 0 Å². The number of nitrogens with zero attached hydrogens (tertiary/aromatic N) is 1. The highest BCUT2D eigenvalue weighted by Gasteiger charge is 2.49. The van der Waals surface area contributed by atoms with Crippen molar-refractivity contribution in [2.75, 3.05) is 6.54 Å². The number of alkyl halides is 3. The molecular formula is C17H16Cl5FN2O3S. The molecule has 0 heterocycles. The van der Waals surface area contributed by atoms with Crippen LogP contribution in [-0.4, -0.2) is 27.6 Å². The molecule has 0 fully saturated rings. The third kappa shape index (κ3) is 5.87. The summed E-state index contributed by atoms with van der Waals surface area (Å²) in [5.74, 6) is -0.859. The summed E-state index contributed by atoms with van der Waals surface area (Å²) in [6.45, 7) is 0.499. The fraction of sp³-hybridized carbons (Fsp3) is 0.294. The van der Waals surface area contributed by atoms with Gasteiger partial charge < -0.3 is 5.73 Å². The highest BCUT2D eigenvalue weighted by Crippen LogP contribution is 2.44. The van der Waals surface area contributed by atoms with E-state index in [-0.39, 0.29) is 10.6 Å². The van der Waals surface area contributed by atoms with E-state index in [4.69, 9.17) is 63.7 Å². The summed E-state index contributed by atoms with van der Waals surface area (Å²) < 4.78 is 47.7. The van der Waals surface area contributed by atoms with Gasteiger partial charge in [0.2, 0.25) is 3.79 Å². The summed E-state index contributed by atoms with van der Waals surface area (Å²) >= 11 is 29.1. The molecule has 0 saturated heterocycles. The predicted molar refractivity (Wildman–Crippen MR) is 116 cm³/mol. The van der Waals surface area contributed by atoms with E-state index in [9.17, 15) is 17.4 Å². The number of rotatable bonds is 6. The summed E-state index contributed by atoms with van der Waals surface area (Å²) in [7, 11) is -5.02.